The van der Waals surface area contributed by atoms with Gasteiger partial charge in [-0.15, -0.1) is 0 Å². The zero-order chi connectivity index (χ0) is 8.55. The molecular weight excluding hydrogens is 151 g/mol. The first-order valence-electron chi connectivity index (χ1n) is 4.53. The Bertz CT molecular complexity index is 276. The van der Waals surface area contributed by atoms with E-state index in [0.29, 0.717) is 5.92 Å². The molecule has 0 heterocycles. The standard InChI is InChI=1S/C11H13F/c1-8(9-6-7-9)10-4-2-3-5-11(10)12/h2-5,8-9H,6-7H2,1H3. The van der Waals surface area contributed by atoms with Gasteiger partial charge in [-0.3, -0.25) is 0 Å². The lowest BCUT2D eigenvalue weighted by Gasteiger charge is -2.10. The first kappa shape index (κ1) is 7.78. The van der Waals surface area contributed by atoms with Gasteiger partial charge in [-0.05, 0) is 36.3 Å². The minimum atomic E-state index is -0.0445. The molecule has 1 atom stereocenters. The number of benzene rings is 1. The molecule has 0 aromatic heterocycles. The molecule has 0 radical (unpaired) electrons. The van der Waals surface area contributed by atoms with E-state index in [0.717, 1.165) is 11.5 Å². The van der Waals surface area contributed by atoms with Crippen molar-refractivity contribution in [2.45, 2.75) is 25.7 Å². The molecule has 1 aliphatic carbocycles. The molecule has 1 aromatic rings. The maximum Gasteiger partial charge on any atom is 0.126 e. The summed E-state index contributed by atoms with van der Waals surface area (Å²) >= 11 is 0. The lowest BCUT2D eigenvalue weighted by atomic mass is 9.96. The first-order valence-corrected chi connectivity index (χ1v) is 4.53. The van der Waals surface area contributed by atoms with E-state index in [1.807, 2.05) is 12.1 Å². The zero-order valence-electron chi connectivity index (χ0n) is 7.26. The highest BCUT2D eigenvalue weighted by Gasteiger charge is 2.29. The number of hydrogen-bond acceptors (Lipinski definition) is 0. The lowest BCUT2D eigenvalue weighted by Crippen LogP contribution is -1.98. The molecule has 12 heavy (non-hydrogen) atoms. The fourth-order valence-corrected chi connectivity index (χ4v) is 1.69. The Balaban J connectivity index is 2.25. The van der Waals surface area contributed by atoms with E-state index in [-0.39, 0.29) is 5.82 Å². The van der Waals surface area contributed by atoms with E-state index in [9.17, 15) is 4.39 Å². The van der Waals surface area contributed by atoms with Gasteiger partial charge in [-0.1, -0.05) is 25.1 Å². The maximum atomic E-state index is 13.2. The van der Waals surface area contributed by atoms with Crippen molar-refractivity contribution in [2.24, 2.45) is 5.92 Å². The highest BCUT2D eigenvalue weighted by molar-refractivity contribution is 5.22. The largest absolute Gasteiger partial charge is 0.207 e. The molecule has 64 valence electrons. The van der Waals surface area contributed by atoms with Gasteiger partial charge in [-0.25, -0.2) is 4.39 Å². The summed E-state index contributed by atoms with van der Waals surface area (Å²) in [5, 5.41) is 0. The van der Waals surface area contributed by atoms with Crippen molar-refractivity contribution in [3.63, 3.8) is 0 Å². The van der Waals surface area contributed by atoms with Crippen molar-refractivity contribution in [3.8, 4) is 0 Å². The van der Waals surface area contributed by atoms with Crippen LogP contribution in [0, 0.1) is 11.7 Å². The highest BCUT2D eigenvalue weighted by Crippen LogP contribution is 2.42. The van der Waals surface area contributed by atoms with Gasteiger partial charge in [-0.2, -0.15) is 0 Å². The summed E-state index contributed by atoms with van der Waals surface area (Å²) < 4.78 is 13.2. The van der Waals surface area contributed by atoms with Crippen molar-refractivity contribution in [1.29, 1.82) is 0 Å². The molecule has 1 heteroatoms. The molecule has 0 aliphatic heterocycles. The molecule has 1 aliphatic rings. The average molecular weight is 164 g/mol. The third-order valence-corrected chi connectivity index (χ3v) is 2.72. The molecule has 2 rings (SSSR count). The molecule has 0 amide bonds. The van der Waals surface area contributed by atoms with Gasteiger partial charge >= 0.3 is 0 Å². The smallest absolute Gasteiger partial charge is 0.126 e. The van der Waals surface area contributed by atoms with E-state index >= 15 is 0 Å². The second-order valence-corrected chi connectivity index (χ2v) is 3.65. The molecule has 1 unspecified atom stereocenters. The van der Waals surface area contributed by atoms with Crippen molar-refractivity contribution < 1.29 is 4.39 Å². The minimum Gasteiger partial charge on any atom is -0.207 e. The summed E-state index contributed by atoms with van der Waals surface area (Å²) in [6.07, 6.45) is 2.55. The number of halogens is 1. The van der Waals surface area contributed by atoms with E-state index in [2.05, 4.69) is 6.92 Å². The normalized spacial score (nSPS) is 19.2. The predicted molar refractivity (Wildman–Crippen MR) is 47.5 cm³/mol. The molecule has 0 spiro atoms. The molecule has 1 fully saturated rings. The third kappa shape index (κ3) is 1.36. The Labute approximate surface area is 72.4 Å². The SMILES string of the molecule is CC(c1ccccc1F)C1CC1. The van der Waals surface area contributed by atoms with E-state index in [1.54, 1.807) is 12.1 Å². The maximum absolute atomic E-state index is 13.2. The van der Waals surface area contributed by atoms with Crippen LogP contribution in [0.2, 0.25) is 0 Å². The van der Waals surface area contributed by atoms with Crippen LogP contribution in [0.3, 0.4) is 0 Å². The Morgan fingerprint density at radius 3 is 2.58 bits per heavy atom. The molecular formula is C11H13F. The monoisotopic (exact) mass is 164 g/mol. The van der Waals surface area contributed by atoms with Gasteiger partial charge < -0.3 is 0 Å². The molecule has 1 saturated carbocycles. The van der Waals surface area contributed by atoms with Gasteiger partial charge in [0.1, 0.15) is 5.82 Å². The van der Waals surface area contributed by atoms with Crippen molar-refractivity contribution in [3.05, 3.63) is 35.6 Å². The van der Waals surface area contributed by atoms with Crippen LogP contribution in [-0.2, 0) is 0 Å². The first-order chi connectivity index (χ1) is 5.79. The topological polar surface area (TPSA) is 0 Å². The van der Waals surface area contributed by atoms with Crippen LogP contribution >= 0.6 is 0 Å². The van der Waals surface area contributed by atoms with Crippen LogP contribution in [0.25, 0.3) is 0 Å². The van der Waals surface area contributed by atoms with Gasteiger partial charge in [0.2, 0.25) is 0 Å². The fourth-order valence-electron chi connectivity index (χ4n) is 1.69. The van der Waals surface area contributed by atoms with E-state index < -0.39 is 0 Å². The molecule has 0 nitrogen and oxygen atoms in total. The van der Waals surface area contributed by atoms with Crippen LogP contribution in [-0.4, -0.2) is 0 Å². The zero-order valence-corrected chi connectivity index (χ0v) is 7.26. The quantitative estimate of drug-likeness (QED) is 0.629. The third-order valence-electron chi connectivity index (χ3n) is 2.72. The summed E-state index contributed by atoms with van der Waals surface area (Å²) in [5.74, 6) is 1.10. The van der Waals surface area contributed by atoms with Crippen LogP contribution in [0.15, 0.2) is 24.3 Å². The molecule has 1 aromatic carbocycles. The summed E-state index contributed by atoms with van der Waals surface area (Å²) in [5.41, 5.74) is 0.889. The Kier molecular flexibility index (Phi) is 1.87. The van der Waals surface area contributed by atoms with Crippen molar-refractivity contribution >= 4 is 0 Å². The summed E-state index contributed by atoms with van der Waals surface area (Å²) in [4.78, 5) is 0. The summed E-state index contributed by atoms with van der Waals surface area (Å²) in [7, 11) is 0. The molecule has 0 N–H and O–H groups in total. The summed E-state index contributed by atoms with van der Waals surface area (Å²) in [6, 6.07) is 7.11. The number of hydrogen-bond donors (Lipinski definition) is 0. The van der Waals surface area contributed by atoms with Crippen molar-refractivity contribution in [2.75, 3.05) is 0 Å². The van der Waals surface area contributed by atoms with Gasteiger partial charge in [0.15, 0.2) is 0 Å². The van der Waals surface area contributed by atoms with Crippen LogP contribution < -0.4 is 0 Å². The fraction of sp³-hybridized carbons (Fsp3) is 0.455. The van der Waals surface area contributed by atoms with Crippen LogP contribution in [0.5, 0.6) is 0 Å². The van der Waals surface area contributed by atoms with Crippen LogP contribution in [0.4, 0.5) is 4.39 Å². The average Bonchev–Trinajstić information content (AvgIpc) is 2.86. The van der Waals surface area contributed by atoms with Gasteiger partial charge in [0.05, 0.1) is 0 Å². The second-order valence-electron chi connectivity index (χ2n) is 3.65. The van der Waals surface area contributed by atoms with E-state index in [1.165, 1.54) is 12.8 Å². The second kappa shape index (κ2) is 2.89. The lowest BCUT2D eigenvalue weighted by molar-refractivity contribution is 0.566. The van der Waals surface area contributed by atoms with Crippen molar-refractivity contribution in [1.82, 2.24) is 0 Å². The van der Waals surface area contributed by atoms with Gasteiger partial charge in [0, 0.05) is 0 Å². The van der Waals surface area contributed by atoms with E-state index in [4.69, 9.17) is 0 Å². The Morgan fingerprint density at radius 2 is 2.00 bits per heavy atom. The molecule has 0 saturated heterocycles. The Morgan fingerprint density at radius 1 is 1.33 bits per heavy atom. The summed E-state index contributed by atoms with van der Waals surface area (Å²) in [6.45, 7) is 2.12. The highest BCUT2D eigenvalue weighted by atomic mass is 19.1. The molecule has 0 bridgehead atoms. The van der Waals surface area contributed by atoms with Crippen LogP contribution in [0.1, 0.15) is 31.2 Å². The number of rotatable bonds is 2. The minimum absolute atomic E-state index is 0.0445. The Hall–Kier alpha value is -0.850. The van der Waals surface area contributed by atoms with Gasteiger partial charge in [0.25, 0.3) is 0 Å². The predicted octanol–water partition coefficient (Wildman–Crippen LogP) is 3.34.